The Morgan fingerprint density at radius 3 is 2.88 bits per heavy atom. The Labute approximate surface area is 98.4 Å². The van der Waals surface area contributed by atoms with Gasteiger partial charge in [0.2, 0.25) is 11.9 Å². The Bertz CT molecular complexity index is 395. The number of carbonyl (C=O) groups is 1. The van der Waals surface area contributed by atoms with Gasteiger partial charge in [-0.2, -0.15) is 0 Å². The summed E-state index contributed by atoms with van der Waals surface area (Å²) in [5.41, 5.74) is 10.9. The summed E-state index contributed by atoms with van der Waals surface area (Å²) in [6.45, 7) is 0.573. The molecule has 0 aliphatic heterocycles. The molecule has 0 bridgehead atoms. The Balaban J connectivity index is 2.45. The first-order valence-electron chi connectivity index (χ1n) is 4.74. The van der Waals surface area contributed by atoms with Crippen LogP contribution >= 0.6 is 12.2 Å². The molecule has 1 heterocycles. The minimum Gasteiger partial charge on any atom is -0.388 e. The molecule has 1 aromatic heterocycles. The highest BCUT2D eigenvalue weighted by molar-refractivity contribution is 7.80. The lowest BCUT2D eigenvalue weighted by atomic mass is 10.3. The molecule has 0 unspecified atom stereocenters. The van der Waals surface area contributed by atoms with Crippen LogP contribution in [0.15, 0.2) is 12.3 Å². The van der Waals surface area contributed by atoms with Crippen LogP contribution in [0.1, 0.15) is 18.5 Å². The van der Waals surface area contributed by atoms with E-state index in [-0.39, 0.29) is 10.9 Å². The van der Waals surface area contributed by atoms with Crippen molar-refractivity contribution in [2.24, 2.45) is 11.5 Å². The van der Waals surface area contributed by atoms with Crippen LogP contribution in [0.4, 0.5) is 5.95 Å². The average Bonchev–Trinajstić information content (AvgIpc) is 2.24. The van der Waals surface area contributed by atoms with Gasteiger partial charge in [-0.3, -0.25) is 4.79 Å². The molecular weight excluding hydrogens is 226 g/mol. The number of amides is 1. The first-order valence-corrected chi connectivity index (χ1v) is 5.15. The van der Waals surface area contributed by atoms with E-state index in [1.54, 1.807) is 12.3 Å². The second kappa shape index (κ2) is 5.96. The second-order valence-electron chi connectivity index (χ2n) is 3.13. The minimum absolute atomic E-state index is 0.225. The molecule has 0 radical (unpaired) electrons. The summed E-state index contributed by atoms with van der Waals surface area (Å²) in [6.07, 6.45) is 2.54. The summed E-state index contributed by atoms with van der Waals surface area (Å²) < 4.78 is 0. The average molecular weight is 239 g/mol. The summed E-state index contributed by atoms with van der Waals surface area (Å²) in [6, 6.07) is 1.64. The highest BCUT2D eigenvalue weighted by atomic mass is 32.1. The minimum atomic E-state index is -0.320. The van der Waals surface area contributed by atoms with Crippen LogP contribution in [0, 0.1) is 0 Å². The van der Waals surface area contributed by atoms with E-state index >= 15 is 0 Å². The van der Waals surface area contributed by atoms with E-state index in [1.807, 2.05) is 0 Å². The number of nitrogens with two attached hydrogens (primary N) is 2. The van der Waals surface area contributed by atoms with Crippen molar-refractivity contribution < 1.29 is 4.79 Å². The van der Waals surface area contributed by atoms with Crippen LogP contribution in [0.2, 0.25) is 0 Å². The van der Waals surface area contributed by atoms with Crippen molar-refractivity contribution in [1.29, 1.82) is 0 Å². The predicted octanol–water partition coefficient (Wildman–Crippen LogP) is -0.212. The van der Waals surface area contributed by atoms with Gasteiger partial charge < -0.3 is 16.8 Å². The van der Waals surface area contributed by atoms with Gasteiger partial charge in [0.25, 0.3) is 0 Å². The first kappa shape index (κ1) is 12.3. The van der Waals surface area contributed by atoms with E-state index < -0.39 is 0 Å². The van der Waals surface area contributed by atoms with E-state index in [0.29, 0.717) is 31.0 Å². The molecule has 0 saturated carbocycles. The largest absolute Gasteiger partial charge is 0.388 e. The van der Waals surface area contributed by atoms with Gasteiger partial charge in [-0.25, -0.2) is 9.97 Å². The van der Waals surface area contributed by atoms with Gasteiger partial charge in [0.15, 0.2) is 0 Å². The summed E-state index contributed by atoms with van der Waals surface area (Å²) in [7, 11) is 0. The normalized spacial score (nSPS) is 9.75. The van der Waals surface area contributed by atoms with Gasteiger partial charge in [0.05, 0.1) is 0 Å². The highest BCUT2D eigenvalue weighted by Crippen LogP contribution is 2.00. The van der Waals surface area contributed by atoms with E-state index in [4.69, 9.17) is 23.7 Å². The zero-order valence-corrected chi connectivity index (χ0v) is 9.46. The van der Waals surface area contributed by atoms with Gasteiger partial charge >= 0.3 is 0 Å². The number of nitrogens with one attached hydrogen (secondary N) is 1. The summed E-state index contributed by atoms with van der Waals surface area (Å²) in [4.78, 5) is 18.8. The smallest absolute Gasteiger partial charge is 0.223 e. The van der Waals surface area contributed by atoms with Gasteiger partial charge in [-0.05, 0) is 12.5 Å². The quantitative estimate of drug-likeness (QED) is 0.468. The number of aromatic nitrogens is 2. The molecule has 0 atom stereocenters. The number of primary amides is 1. The van der Waals surface area contributed by atoms with E-state index in [2.05, 4.69) is 15.3 Å². The van der Waals surface area contributed by atoms with Crippen LogP contribution in [-0.2, 0) is 4.79 Å². The zero-order valence-electron chi connectivity index (χ0n) is 8.64. The third-order valence-electron chi connectivity index (χ3n) is 1.79. The molecule has 1 amide bonds. The number of nitrogens with zero attached hydrogens (tertiary/aromatic N) is 2. The monoisotopic (exact) mass is 239 g/mol. The number of carbonyl (C=O) groups excluding carboxylic acids is 1. The molecule has 86 valence electrons. The molecule has 1 rings (SSSR count). The Kier molecular flexibility index (Phi) is 4.59. The molecule has 0 aliphatic rings. The van der Waals surface area contributed by atoms with Crippen molar-refractivity contribution in [2.45, 2.75) is 12.8 Å². The fourth-order valence-corrected chi connectivity index (χ4v) is 1.16. The van der Waals surface area contributed by atoms with Gasteiger partial charge in [-0.15, -0.1) is 0 Å². The summed E-state index contributed by atoms with van der Waals surface area (Å²) in [5.74, 6) is 0.120. The predicted molar refractivity (Wildman–Crippen MR) is 64.8 cm³/mol. The lowest BCUT2D eigenvalue weighted by Gasteiger charge is -2.04. The standard InChI is InChI=1S/C9H13N5OS/c10-7(15)2-1-4-12-9-13-5-3-6(14-9)8(11)16/h3,5H,1-2,4H2,(H2,10,15)(H2,11,16)(H,12,13,14). The number of anilines is 1. The molecule has 5 N–H and O–H groups in total. The Hall–Kier alpha value is -1.76. The maximum absolute atomic E-state index is 10.5. The molecule has 0 aliphatic carbocycles. The van der Waals surface area contributed by atoms with E-state index in [9.17, 15) is 4.79 Å². The van der Waals surface area contributed by atoms with Crippen molar-refractivity contribution in [3.63, 3.8) is 0 Å². The second-order valence-corrected chi connectivity index (χ2v) is 3.57. The molecular formula is C9H13N5OS. The number of rotatable bonds is 6. The molecule has 1 aromatic rings. The van der Waals surface area contributed by atoms with Crippen molar-refractivity contribution in [3.8, 4) is 0 Å². The Morgan fingerprint density at radius 1 is 1.50 bits per heavy atom. The zero-order chi connectivity index (χ0) is 12.0. The maximum Gasteiger partial charge on any atom is 0.223 e. The van der Waals surface area contributed by atoms with Crippen molar-refractivity contribution in [2.75, 3.05) is 11.9 Å². The van der Waals surface area contributed by atoms with Crippen LogP contribution in [0.25, 0.3) is 0 Å². The molecule has 16 heavy (non-hydrogen) atoms. The third-order valence-corrected chi connectivity index (χ3v) is 2.00. The molecule has 0 fully saturated rings. The lowest BCUT2D eigenvalue weighted by molar-refractivity contribution is -0.118. The van der Waals surface area contributed by atoms with Gasteiger partial charge in [-0.1, -0.05) is 12.2 Å². The van der Waals surface area contributed by atoms with Crippen molar-refractivity contribution in [3.05, 3.63) is 18.0 Å². The third kappa shape index (κ3) is 4.18. The molecule has 6 nitrogen and oxygen atoms in total. The van der Waals surface area contributed by atoms with Crippen molar-refractivity contribution >= 4 is 29.1 Å². The molecule has 0 saturated heterocycles. The lowest BCUT2D eigenvalue weighted by Crippen LogP contribution is -2.15. The maximum atomic E-state index is 10.5. The fourth-order valence-electron chi connectivity index (χ4n) is 1.04. The highest BCUT2D eigenvalue weighted by Gasteiger charge is 2.01. The van der Waals surface area contributed by atoms with Crippen LogP contribution < -0.4 is 16.8 Å². The van der Waals surface area contributed by atoms with Crippen LogP contribution in [-0.4, -0.2) is 27.4 Å². The SMILES string of the molecule is NC(=O)CCCNc1nccc(C(N)=S)n1. The van der Waals surface area contributed by atoms with E-state index in [0.717, 1.165) is 0 Å². The number of hydrogen-bond acceptors (Lipinski definition) is 5. The summed E-state index contributed by atoms with van der Waals surface area (Å²) >= 11 is 4.79. The van der Waals surface area contributed by atoms with Gasteiger partial charge in [0, 0.05) is 19.2 Å². The van der Waals surface area contributed by atoms with E-state index in [1.165, 1.54) is 0 Å². The van der Waals surface area contributed by atoms with Crippen molar-refractivity contribution in [1.82, 2.24) is 9.97 Å². The topological polar surface area (TPSA) is 107 Å². The first-order chi connectivity index (χ1) is 7.59. The summed E-state index contributed by atoms with van der Waals surface area (Å²) in [5, 5.41) is 2.95. The fraction of sp³-hybridized carbons (Fsp3) is 0.333. The molecule has 0 aromatic carbocycles. The van der Waals surface area contributed by atoms with Gasteiger partial charge in [0.1, 0.15) is 10.7 Å². The number of hydrogen-bond donors (Lipinski definition) is 3. The van der Waals surface area contributed by atoms with Crippen LogP contribution in [0.3, 0.4) is 0 Å². The Morgan fingerprint density at radius 2 is 2.25 bits per heavy atom. The molecule has 7 heteroatoms. The number of thiocarbonyl (C=S) groups is 1. The molecule has 0 spiro atoms. The van der Waals surface area contributed by atoms with Crippen LogP contribution in [0.5, 0.6) is 0 Å².